The van der Waals surface area contributed by atoms with Crippen molar-refractivity contribution in [2.45, 2.75) is 70.3 Å². The second-order valence-corrected chi connectivity index (χ2v) is 9.17. The quantitative estimate of drug-likeness (QED) is 0.896. The maximum Gasteiger partial charge on any atom is 0.262 e. The summed E-state index contributed by atoms with van der Waals surface area (Å²) in [5, 5.41) is 5.17. The molecule has 2 aromatic rings. The molecule has 0 unspecified atom stereocenters. The molecule has 1 aliphatic heterocycles. The maximum atomic E-state index is 12.7. The van der Waals surface area contributed by atoms with E-state index >= 15 is 0 Å². The van der Waals surface area contributed by atoms with Crippen LogP contribution in [0, 0.1) is 11.8 Å². The summed E-state index contributed by atoms with van der Waals surface area (Å²) in [5.74, 6) is 2.58. The second kappa shape index (κ2) is 7.04. The van der Waals surface area contributed by atoms with Crippen LogP contribution in [0.15, 0.2) is 11.0 Å². The number of hydrogen-bond donors (Lipinski definition) is 1. The van der Waals surface area contributed by atoms with Gasteiger partial charge in [-0.2, -0.15) is 5.10 Å². The molecule has 6 heteroatoms. The lowest BCUT2D eigenvalue weighted by molar-refractivity contribution is 0.271. The number of fused-ring (bicyclic) bond motifs is 1. The van der Waals surface area contributed by atoms with Crippen molar-refractivity contribution in [3.05, 3.63) is 22.4 Å². The lowest BCUT2D eigenvalue weighted by Gasteiger charge is -2.20. The van der Waals surface area contributed by atoms with Gasteiger partial charge in [-0.25, -0.2) is 9.67 Å². The number of H-pyrrole nitrogens is 1. The van der Waals surface area contributed by atoms with Crippen molar-refractivity contribution >= 4 is 11.0 Å². The van der Waals surface area contributed by atoms with Gasteiger partial charge in [0.2, 0.25) is 0 Å². The van der Waals surface area contributed by atoms with E-state index in [0.717, 1.165) is 43.3 Å². The minimum absolute atomic E-state index is 0.0271. The Labute approximate surface area is 160 Å². The fourth-order valence-electron chi connectivity index (χ4n) is 5.68. The molecule has 3 heterocycles. The molecule has 0 aromatic carbocycles. The minimum Gasteiger partial charge on any atom is -0.310 e. The largest absolute Gasteiger partial charge is 0.310 e. The lowest BCUT2D eigenvalue weighted by Crippen LogP contribution is -2.27. The van der Waals surface area contributed by atoms with E-state index in [-0.39, 0.29) is 5.56 Å². The van der Waals surface area contributed by atoms with Crippen LogP contribution in [0.25, 0.3) is 11.0 Å². The summed E-state index contributed by atoms with van der Waals surface area (Å²) in [6.45, 7) is 5.65. The van der Waals surface area contributed by atoms with Crippen LogP contribution in [0.1, 0.15) is 76.1 Å². The number of nitrogens with one attached hydrogen (secondary N) is 1. The first-order valence-electron chi connectivity index (χ1n) is 10.9. The molecule has 1 saturated heterocycles. The Morgan fingerprint density at radius 1 is 1.11 bits per heavy atom. The number of aromatic nitrogens is 4. The summed E-state index contributed by atoms with van der Waals surface area (Å²) in [6, 6.07) is 0.407. The van der Waals surface area contributed by atoms with E-state index in [1.54, 1.807) is 6.20 Å². The highest BCUT2D eigenvalue weighted by molar-refractivity contribution is 5.73. The molecular formula is C21H31N5O. The third kappa shape index (κ3) is 3.22. The zero-order valence-corrected chi connectivity index (χ0v) is 16.4. The average Bonchev–Trinajstić information content (AvgIpc) is 3.42. The van der Waals surface area contributed by atoms with E-state index in [4.69, 9.17) is 4.98 Å². The van der Waals surface area contributed by atoms with Gasteiger partial charge in [-0.1, -0.05) is 32.6 Å². The van der Waals surface area contributed by atoms with Gasteiger partial charge in [-0.05, 0) is 37.5 Å². The fourth-order valence-corrected chi connectivity index (χ4v) is 5.68. The molecule has 3 aliphatic rings. The highest BCUT2D eigenvalue weighted by atomic mass is 16.1. The SMILES string of the molecule is C[C@@H]1CN(CC2CCCC2)C[C@H]1c1nc2c(cnn2C2CCCC2)c(=O)[nH]1. The average molecular weight is 370 g/mol. The molecule has 3 fully saturated rings. The van der Waals surface area contributed by atoms with Crippen molar-refractivity contribution in [2.24, 2.45) is 11.8 Å². The number of aromatic amines is 1. The lowest BCUT2D eigenvalue weighted by atomic mass is 9.97. The van der Waals surface area contributed by atoms with Crippen LogP contribution in [-0.2, 0) is 0 Å². The van der Waals surface area contributed by atoms with Gasteiger partial charge in [0.15, 0.2) is 5.65 Å². The highest BCUT2D eigenvalue weighted by Gasteiger charge is 2.34. The second-order valence-electron chi connectivity index (χ2n) is 9.17. The molecule has 2 aromatic heterocycles. The Balaban J connectivity index is 1.42. The first-order valence-corrected chi connectivity index (χ1v) is 10.9. The maximum absolute atomic E-state index is 12.7. The molecule has 0 radical (unpaired) electrons. The Hall–Kier alpha value is -1.69. The van der Waals surface area contributed by atoms with Crippen LogP contribution < -0.4 is 5.56 Å². The Morgan fingerprint density at radius 3 is 2.63 bits per heavy atom. The Morgan fingerprint density at radius 2 is 1.85 bits per heavy atom. The number of rotatable bonds is 4. The zero-order chi connectivity index (χ0) is 18.4. The number of hydrogen-bond acceptors (Lipinski definition) is 4. The smallest absolute Gasteiger partial charge is 0.262 e. The van der Waals surface area contributed by atoms with Crippen molar-refractivity contribution in [3.63, 3.8) is 0 Å². The monoisotopic (exact) mass is 369 g/mol. The Kier molecular flexibility index (Phi) is 4.54. The van der Waals surface area contributed by atoms with E-state index in [1.807, 2.05) is 4.68 Å². The van der Waals surface area contributed by atoms with Crippen LogP contribution in [0.2, 0.25) is 0 Å². The Bertz CT molecular complexity index is 859. The van der Waals surface area contributed by atoms with Crippen LogP contribution in [0.3, 0.4) is 0 Å². The molecule has 27 heavy (non-hydrogen) atoms. The topological polar surface area (TPSA) is 66.8 Å². The number of likely N-dealkylation sites (tertiary alicyclic amines) is 1. The molecule has 0 bridgehead atoms. The van der Waals surface area contributed by atoms with E-state index in [9.17, 15) is 4.79 Å². The summed E-state index contributed by atoms with van der Waals surface area (Å²) in [6.07, 6.45) is 12.1. The minimum atomic E-state index is -0.0271. The first kappa shape index (κ1) is 17.4. The molecular weight excluding hydrogens is 338 g/mol. The molecule has 0 amide bonds. The fraction of sp³-hybridized carbons (Fsp3) is 0.762. The van der Waals surface area contributed by atoms with E-state index in [1.165, 1.54) is 45.1 Å². The van der Waals surface area contributed by atoms with Gasteiger partial charge in [0.05, 0.1) is 12.2 Å². The molecule has 0 spiro atoms. The van der Waals surface area contributed by atoms with Crippen molar-refractivity contribution in [2.75, 3.05) is 19.6 Å². The van der Waals surface area contributed by atoms with Gasteiger partial charge in [0.1, 0.15) is 11.2 Å². The summed E-state index contributed by atoms with van der Waals surface area (Å²) in [4.78, 5) is 23.3. The molecule has 5 rings (SSSR count). The van der Waals surface area contributed by atoms with Gasteiger partial charge < -0.3 is 9.88 Å². The molecule has 2 aliphatic carbocycles. The van der Waals surface area contributed by atoms with Gasteiger partial charge in [-0.3, -0.25) is 4.79 Å². The molecule has 2 atom stereocenters. The normalized spacial score (nSPS) is 28.0. The van der Waals surface area contributed by atoms with Gasteiger partial charge in [-0.15, -0.1) is 0 Å². The van der Waals surface area contributed by atoms with Gasteiger partial charge in [0, 0.05) is 25.6 Å². The summed E-state index contributed by atoms with van der Waals surface area (Å²) in [5.41, 5.74) is 0.766. The van der Waals surface area contributed by atoms with E-state index in [2.05, 4.69) is 21.9 Å². The van der Waals surface area contributed by atoms with E-state index < -0.39 is 0 Å². The summed E-state index contributed by atoms with van der Waals surface area (Å²) < 4.78 is 2.02. The molecule has 1 N–H and O–H groups in total. The summed E-state index contributed by atoms with van der Waals surface area (Å²) in [7, 11) is 0. The zero-order valence-electron chi connectivity index (χ0n) is 16.4. The molecule has 146 valence electrons. The number of nitrogens with zero attached hydrogens (tertiary/aromatic N) is 4. The highest BCUT2D eigenvalue weighted by Crippen LogP contribution is 2.34. The van der Waals surface area contributed by atoms with Crippen LogP contribution in [-0.4, -0.2) is 44.3 Å². The summed E-state index contributed by atoms with van der Waals surface area (Å²) >= 11 is 0. The van der Waals surface area contributed by atoms with Crippen molar-refractivity contribution in [1.29, 1.82) is 0 Å². The van der Waals surface area contributed by atoms with E-state index in [0.29, 0.717) is 23.3 Å². The third-order valence-electron chi connectivity index (χ3n) is 7.18. The predicted molar refractivity (Wildman–Crippen MR) is 106 cm³/mol. The third-order valence-corrected chi connectivity index (χ3v) is 7.18. The van der Waals surface area contributed by atoms with Crippen molar-refractivity contribution in [1.82, 2.24) is 24.6 Å². The van der Waals surface area contributed by atoms with Crippen LogP contribution >= 0.6 is 0 Å². The van der Waals surface area contributed by atoms with Gasteiger partial charge in [0.25, 0.3) is 5.56 Å². The van der Waals surface area contributed by atoms with Crippen molar-refractivity contribution in [3.8, 4) is 0 Å². The molecule has 6 nitrogen and oxygen atoms in total. The predicted octanol–water partition coefficient (Wildman–Crippen LogP) is 3.46. The van der Waals surface area contributed by atoms with Gasteiger partial charge >= 0.3 is 0 Å². The van der Waals surface area contributed by atoms with Crippen LogP contribution in [0.4, 0.5) is 0 Å². The standard InChI is InChI=1S/C21H31N5O/c1-14-11-25(12-15-6-2-3-7-15)13-18(14)19-23-20-17(21(27)24-19)10-22-26(20)16-8-4-5-9-16/h10,14-16,18H,2-9,11-13H2,1H3,(H,23,24,27)/t14-,18-/m1/s1. The first-order chi connectivity index (χ1) is 13.2. The van der Waals surface area contributed by atoms with Crippen molar-refractivity contribution < 1.29 is 0 Å². The van der Waals surface area contributed by atoms with Crippen LogP contribution in [0.5, 0.6) is 0 Å². The molecule has 2 saturated carbocycles.